The predicted molar refractivity (Wildman–Crippen MR) is 105 cm³/mol. The van der Waals surface area contributed by atoms with Gasteiger partial charge in [-0.05, 0) is 24.5 Å². The summed E-state index contributed by atoms with van der Waals surface area (Å²) >= 11 is 0. The molecule has 2 unspecified atom stereocenters. The molecule has 0 spiro atoms. The van der Waals surface area contributed by atoms with Gasteiger partial charge in [-0.1, -0.05) is 36.4 Å². The molecule has 7 heteroatoms. The van der Waals surface area contributed by atoms with Crippen LogP contribution < -0.4 is 4.74 Å². The van der Waals surface area contributed by atoms with E-state index in [4.69, 9.17) is 9.47 Å². The van der Waals surface area contributed by atoms with Gasteiger partial charge in [0.15, 0.2) is 0 Å². The van der Waals surface area contributed by atoms with Gasteiger partial charge in [-0.25, -0.2) is 0 Å². The smallest absolute Gasteiger partial charge is 0.273 e. The molecule has 2 aromatic rings. The normalized spacial score (nSPS) is 17.6. The summed E-state index contributed by atoms with van der Waals surface area (Å²) in [5, 5.41) is 21.3. The van der Waals surface area contributed by atoms with Gasteiger partial charge < -0.3 is 14.6 Å². The Kier molecular flexibility index (Phi) is 7.36. The van der Waals surface area contributed by atoms with Gasteiger partial charge in [0, 0.05) is 32.3 Å². The second kappa shape index (κ2) is 10.2. The van der Waals surface area contributed by atoms with Gasteiger partial charge >= 0.3 is 0 Å². The van der Waals surface area contributed by atoms with Crippen molar-refractivity contribution in [3.05, 3.63) is 70.3 Å². The lowest BCUT2D eigenvalue weighted by molar-refractivity contribution is -0.384. The molecule has 150 valence electrons. The minimum atomic E-state index is -0.718. The molecule has 0 saturated carbocycles. The van der Waals surface area contributed by atoms with E-state index in [1.165, 1.54) is 17.7 Å². The van der Waals surface area contributed by atoms with Crippen LogP contribution in [0.15, 0.2) is 54.6 Å². The SMILES string of the molecule is O=[N+]([O-])c1cccc(OCC(O)CN(Cc2ccccc2)CC2CCCO2)c1. The number of aliphatic hydroxyl groups excluding tert-OH is 1. The molecule has 2 aromatic carbocycles. The van der Waals surface area contributed by atoms with Crippen LogP contribution in [0.5, 0.6) is 5.75 Å². The molecule has 3 rings (SSSR count). The maximum atomic E-state index is 10.9. The lowest BCUT2D eigenvalue weighted by Crippen LogP contribution is -2.39. The average molecular weight is 386 g/mol. The highest BCUT2D eigenvalue weighted by molar-refractivity contribution is 5.37. The maximum Gasteiger partial charge on any atom is 0.273 e. The van der Waals surface area contributed by atoms with Crippen LogP contribution in [0.3, 0.4) is 0 Å². The van der Waals surface area contributed by atoms with Gasteiger partial charge in [0.1, 0.15) is 18.5 Å². The quantitative estimate of drug-likeness (QED) is 0.499. The Morgan fingerprint density at radius 3 is 2.79 bits per heavy atom. The number of rotatable bonds is 10. The van der Waals surface area contributed by atoms with Crippen LogP contribution in [0.2, 0.25) is 0 Å². The minimum Gasteiger partial charge on any atom is -0.491 e. The first kappa shape index (κ1) is 20.3. The fourth-order valence-corrected chi connectivity index (χ4v) is 3.35. The lowest BCUT2D eigenvalue weighted by Gasteiger charge is -2.27. The molecule has 0 amide bonds. The van der Waals surface area contributed by atoms with E-state index in [0.29, 0.717) is 18.8 Å². The molecule has 1 N–H and O–H groups in total. The molecule has 1 aliphatic heterocycles. The van der Waals surface area contributed by atoms with E-state index >= 15 is 0 Å². The molecule has 0 aromatic heterocycles. The van der Waals surface area contributed by atoms with Crippen LogP contribution in [0.1, 0.15) is 18.4 Å². The Morgan fingerprint density at radius 2 is 2.07 bits per heavy atom. The van der Waals surface area contributed by atoms with Crippen molar-refractivity contribution in [2.45, 2.75) is 31.6 Å². The van der Waals surface area contributed by atoms with E-state index in [0.717, 1.165) is 26.0 Å². The third-order valence-corrected chi connectivity index (χ3v) is 4.67. The topological polar surface area (TPSA) is 85.1 Å². The largest absolute Gasteiger partial charge is 0.491 e. The zero-order chi connectivity index (χ0) is 19.8. The van der Waals surface area contributed by atoms with E-state index in [9.17, 15) is 15.2 Å². The molecular formula is C21H26N2O5. The molecule has 1 heterocycles. The standard InChI is InChI=1S/C21H26N2O5/c24-19(16-28-20-9-4-8-18(12-20)23(25)26)14-22(15-21-10-5-11-27-21)13-17-6-2-1-3-7-17/h1-4,6-9,12,19,21,24H,5,10-11,13-16H2. The van der Waals surface area contributed by atoms with Crippen molar-refractivity contribution in [3.8, 4) is 5.75 Å². The van der Waals surface area contributed by atoms with E-state index < -0.39 is 11.0 Å². The molecule has 0 bridgehead atoms. The molecule has 0 aliphatic carbocycles. The van der Waals surface area contributed by atoms with Crippen LogP contribution in [-0.2, 0) is 11.3 Å². The summed E-state index contributed by atoms with van der Waals surface area (Å²) in [4.78, 5) is 12.6. The van der Waals surface area contributed by atoms with Crippen molar-refractivity contribution < 1.29 is 19.5 Å². The summed E-state index contributed by atoms with van der Waals surface area (Å²) < 4.78 is 11.3. The van der Waals surface area contributed by atoms with Crippen LogP contribution in [0, 0.1) is 10.1 Å². The van der Waals surface area contributed by atoms with Crippen molar-refractivity contribution in [3.63, 3.8) is 0 Å². The number of hydrogen-bond donors (Lipinski definition) is 1. The highest BCUT2D eigenvalue weighted by Gasteiger charge is 2.21. The summed E-state index contributed by atoms with van der Waals surface area (Å²) in [6.07, 6.45) is 1.58. The van der Waals surface area contributed by atoms with Crippen molar-refractivity contribution in [2.75, 3.05) is 26.3 Å². The van der Waals surface area contributed by atoms with Crippen LogP contribution in [0.25, 0.3) is 0 Å². The van der Waals surface area contributed by atoms with E-state index in [-0.39, 0.29) is 18.4 Å². The Morgan fingerprint density at radius 1 is 1.25 bits per heavy atom. The van der Waals surface area contributed by atoms with E-state index in [2.05, 4.69) is 17.0 Å². The number of nitrogens with zero attached hydrogens (tertiary/aromatic N) is 2. The van der Waals surface area contributed by atoms with Gasteiger partial charge in [-0.15, -0.1) is 0 Å². The van der Waals surface area contributed by atoms with Crippen LogP contribution >= 0.6 is 0 Å². The molecule has 7 nitrogen and oxygen atoms in total. The first-order chi connectivity index (χ1) is 13.6. The Balaban J connectivity index is 1.55. The zero-order valence-electron chi connectivity index (χ0n) is 15.8. The molecule has 1 fully saturated rings. The predicted octanol–water partition coefficient (Wildman–Crippen LogP) is 3.02. The summed E-state index contributed by atoms with van der Waals surface area (Å²) in [5.41, 5.74) is 1.14. The second-order valence-electron chi connectivity index (χ2n) is 7.03. The summed E-state index contributed by atoms with van der Waals surface area (Å²) in [6, 6.07) is 16.1. The molecule has 2 atom stereocenters. The third kappa shape index (κ3) is 6.30. The first-order valence-corrected chi connectivity index (χ1v) is 9.53. The van der Waals surface area contributed by atoms with Gasteiger partial charge in [-0.3, -0.25) is 15.0 Å². The molecule has 28 heavy (non-hydrogen) atoms. The second-order valence-corrected chi connectivity index (χ2v) is 7.03. The number of ether oxygens (including phenoxy) is 2. The number of hydrogen-bond acceptors (Lipinski definition) is 6. The highest BCUT2D eigenvalue weighted by Crippen LogP contribution is 2.20. The van der Waals surface area contributed by atoms with Crippen molar-refractivity contribution >= 4 is 5.69 Å². The Hall–Kier alpha value is -2.48. The number of nitro benzene ring substituents is 1. The average Bonchev–Trinajstić information content (AvgIpc) is 3.20. The van der Waals surface area contributed by atoms with Gasteiger partial charge in [0.25, 0.3) is 5.69 Å². The van der Waals surface area contributed by atoms with Crippen molar-refractivity contribution in [2.24, 2.45) is 0 Å². The summed E-state index contributed by atoms with van der Waals surface area (Å²) in [6.45, 7) is 2.77. The summed E-state index contributed by atoms with van der Waals surface area (Å²) in [7, 11) is 0. The number of aliphatic hydroxyl groups is 1. The fourth-order valence-electron chi connectivity index (χ4n) is 3.35. The van der Waals surface area contributed by atoms with Gasteiger partial charge in [-0.2, -0.15) is 0 Å². The van der Waals surface area contributed by atoms with Crippen molar-refractivity contribution in [1.82, 2.24) is 4.90 Å². The van der Waals surface area contributed by atoms with Gasteiger partial charge in [0.05, 0.1) is 17.1 Å². The van der Waals surface area contributed by atoms with Crippen molar-refractivity contribution in [1.29, 1.82) is 0 Å². The number of benzene rings is 2. The number of non-ortho nitro benzene ring substituents is 1. The van der Waals surface area contributed by atoms with Crippen LogP contribution in [0.4, 0.5) is 5.69 Å². The molecular weight excluding hydrogens is 360 g/mol. The lowest BCUT2D eigenvalue weighted by atomic mass is 10.1. The van der Waals surface area contributed by atoms with E-state index in [1.807, 2.05) is 18.2 Å². The van der Waals surface area contributed by atoms with E-state index in [1.54, 1.807) is 12.1 Å². The third-order valence-electron chi connectivity index (χ3n) is 4.67. The Labute approximate surface area is 164 Å². The zero-order valence-corrected chi connectivity index (χ0v) is 15.8. The first-order valence-electron chi connectivity index (χ1n) is 9.53. The van der Waals surface area contributed by atoms with Gasteiger partial charge in [0.2, 0.25) is 0 Å². The maximum absolute atomic E-state index is 10.9. The summed E-state index contributed by atoms with van der Waals surface area (Å²) in [5.74, 6) is 0.377. The minimum absolute atomic E-state index is 0.0314. The monoisotopic (exact) mass is 386 g/mol. The molecule has 1 saturated heterocycles. The Bertz CT molecular complexity index is 749. The molecule has 1 aliphatic rings. The fraction of sp³-hybridized carbons (Fsp3) is 0.429. The number of nitro groups is 1. The highest BCUT2D eigenvalue weighted by atomic mass is 16.6. The van der Waals surface area contributed by atoms with Crippen LogP contribution in [-0.4, -0.2) is 53.4 Å². The molecule has 0 radical (unpaired) electrons.